The summed E-state index contributed by atoms with van der Waals surface area (Å²) in [6, 6.07) is 13.2. The molecule has 0 radical (unpaired) electrons. The van der Waals surface area contributed by atoms with Crippen molar-refractivity contribution in [1.82, 2.24) is 15.1 Å². The van der Waals surface area contributed by atoms with Crippen LogP contribution in [0.2, 0.25) is 0 Å². The van der Waals surface area contributed by atoms with Crippen molar-refractivity contribution in [2.75, 3.05) is 0 Å². The number of hydrogen-bond donors (Lipinski definition) is 2. The van der Waals surface area contributed by atoms with Crippen molar-refractivity contribution < 1.29 is 9.90 Å². The van der Waals surface area contributed by atoms with Crippen LogP contribution in [0.15, 0.2) is 42.5 Å². The number of carbonyl (C=O) groups excluding carboxylic acids is 1. The molecule has 5 nitrogen and oxygen atoms in total. The average molecular weight is 361 g/mol. The number of fused-ring (bicyclic) bond motifs is 1. The molecule has 1 amide bonds. The molecule has 0 saturated heterocycles. The maximum absolute atomic E-state index is 12.5. The molecule has 2 N–H and O–H groups in total. The number of aromatic nitrogens is 2. The van der Waals surface area contributed by atoms with E-state index in [-0.39, 0.29) is 5.91 Å². The van der Waals surface area contributed by atoms with E-state index >= 15 is 0 Å². The zero-order valence-electron chi connectivity index (χ0n) is 16.0. The highest BCUT2D eigenvalue weighted by atomic mass is 16.3. The summed E-state index contributed by atoms with van der Waals surface area (Å²) in [6.07, 6.45) is 0. The molecule has 138 valence electrons. The monoisotopic (exact) mass is 361 g/mol. The van der Waals surface area contributed by atoms with Crippen molar-refractivity contribution in [2.24, 2.45) is 7.05 Å². The van der Waals surface area contributed by atoms with E-state index in [2.05, 4.69) is 28.3 Å². The van der Waals surface area contributed by atoms with E-state index in [0.717, 1.165) is 22.2 Å². The van der Waals surface area contributed by atoms with E-state index in [1.807, 2.05) is 36.9 Å². The molecular formula is C22H23N3O2. The van der Waals surface area contributed by atoms with Gasteiger partial charge in [-0.3, -0.25) is 9.48 Å². The van der Waals surface area contributed by atoms with E-state index in [0.29, 0.717) is 17.7 Å². The number of benzene rings is 2. The average Bonchev–Trinajstić information content (AvgIpc) is 2.92. The molecule has 0 atom stereocenters. The third-order valence-corrected chi connectivity index (χ3v) is 4.14. The van der Waals surface area contributed by atoms with Crippen molar-refractivity contribution >= 4 is 16.8 Å². The number of nitrogens with one attached hydrogen (secondary N) is 1. The highest BCUT2D eigenvalue weighted by molar-refractivity contribution is 5.94. The van der Waals surface area contributed by atoms with Crippen LogP contribution in [0, 0.1) is 18.8 Å². The molecule has 1 aromatic heterocycles. The van der Waals surface area contributed by atoms with Gasteiger partial charge in [-0.05, 0) is 51.1 Å². The van der Waals surface area contributed by atoms with E-state index in [9.17, 15) is 9.90 Å². The normalized spacial score (nSPS) is 11.1. The van der Waals surface area contributed by atoms with Gasteiger partial charge >= 0.3 is 0 Å². The molecule has 0 aliphatic rings. The summed E-state index contributed by atoms with van der Waals surface area (Å²) >= 11 is 0. The fourth-order valence-electron chi connectivity index (χ4n) is 2.81. The first-order chi connectivity index (χ1) is 12.7. The van der Waals surface area contributed by atoms with Crippen LogP contribution >= 0.6 is 0 Å². The van der Waals surface area contributed by atoms with E-state index in [4.69, 9.17) is 0 Å². The van der Waals surface area contributed by atoms with Gasteiger partial charge in [0.25, 0.3) is 5.91 Å². The number of carbonyl (C=O) groups is 1. The van der Waals surface area contributed by atoms with Gasteiger partial charge < -0.3 is 10.4 Å². The molecule has 0 fully saturated rings. The smallest absolute Gasteiger partial charge is 0.251 e. The zero-order chi connectivity index (χ0) is 19.6. The molecule has 0 aliphatic heterocycles. The zero-order valence-corrected chi connectivity index (χ0v) is 16.0. The van der Waals surface area contributed by atoms with Crippen molar-refractivity contribution in [3.05, 3.63) is 64.8 Å². The minimum absolute atomic E-state index is 0.187. The third-order valence-electron chi connectivity index (χ3n) is 4.14. The van der Waals surface area contributed by atoms with Crippen LogP contribution in [0.1, 0.15) is 41.0 Å². The lowest BCUT2D eigenvalue weighted by molar-refractivity contribution is 0.0950. The van der Waals surface area contributed by atoms with E-state index in [1.165, 1.54) is 0 Å². The lowest BCUT2D eigenvalue weighted by Gasteiger charge is -2.07. The fraction of sp³-hybridized carbons (Fsp3) is 0.273. The Kier molecular flexibility index (Phi) is 5.02. The van der Waals surface area contributed by atoms with Gasteiger partial charge in [-0.1, -0.05) is 29.5 Å². The third kappa shape index (κ3) is 4.55. The summed E-state index contributed by atoms with van der Waals surface area (Å²) in [5.41, 5.74) is 3.16. The van der Waals surface area contributed by atoms with Gasteiger partial charge in [0.1, 0.15) is 5.60 Å². The second-order valence-corrected chi connectivity index (χ2v) is 7.16. The Morgan fingerprint density at radius 1 is 1.26 bits per heavy atom. The summed E-state index contributed by atoms with van der Waals surface area (Å²) in [7, 11) is 1.90. The minimum Gasteiger partial charge on any atom is -0.378 e. The largest absolute Gasteiger partial charge is 0.378 e. The van der Waals surface area contributed by atoms with Gasteiger partial charge in [0.15, 0.2) is 0 Å². The molecule has 3 aromatic rings. The predicted octanol–water partition coefficient (Wildman–Crippen LogP) is 2.93. The van der Waals surface area contributed by atoms with Gasteiger partial charge in [0.05, 0.1) is 17.8 Å². The van der Waals surface area contributed by atoms with Crippen LogP contribution < -0.4 is 5.32 Å². The van der Waals surface area contributed by atoms with Gasteiger partial charge in [-0.15, -0.1) is 0 Å². The number of nitrogens with zero attached hydrogens (tertiary/aromatic N) is 2. The van der Waals surface area contributed by atoms with Crippen LogP contribution in [-0.4, -0.2) is 26.4 Å². The van der Waals surface area contributed by atoms with Crippen LogP contribution in [0.4, 0.5) is 0 Å². The summed E-state index contributed by atoms with van der Waals surface area (Å²) in [5.74, 6) is 5.46. The molecule has 3 rings (SSSR count). The van der Waals surface area contributed by atoms with Crippen molar-refractivity contribution in [3.8, 4) is 11.8 Å². The summed E-state index contributed by atoms with van der Waals surface area (Å²) in [4.78, 5) is 12.5. The standard InChI is InChI=1S/C22H23N3O2/c1-15-8-9-20-18(12-15)19(24-25(20)4)14-23-21(26)17-7-5-6-16(13-17)10-11-22(2,3)27/h5-9,12-13,27H,14H2,1-4H3,(H,23,26). The molecule has 2 aromatic carbocycles. The molecular weight excluding hydrogens is 338 g/mol. The highest BCUT2D eigenvalue weighted by Gasteiger charge is 2.12. The Bertz CT molecular complexity index is 1060. The van der Waals surface area contributed by atoms with E-state index < -0.39 is 5.60 Å². The quantitative estimate of drug-likeness (QED) is 0.705. The Hall–Kier alpha value is -3.10. The summed E-state index contributed by atoms with van der Waals surface area (Å²) < 4.78 is 1.82. The Labute approximate surface area is 159 Å². The Balaban J connectivity index is 1.77. The molecule has 0 saturated carbocycles. The van der Waals surface area contributed by atoms with Gasteiger partial charge in [-0.25, -0.2) is 0 Å². The first kappa shape index (κ1) is 18.7. The van der Waals surface area contributed by atoms with Gasteiger partial charge in [-0.2, -0.15) is 5.10 Å². The second kappa shape index (κ2) is 7.26. The maximum Gasteiger partial charge on any atom is 0.251 e. The lowest BCUT2D eigenvalue weighted by Crippen LogP contribution is -2.23. The molecule has 0 spiro atoms. The van der Waals surface area contributed by atoms with Crippen LogP contribution in [0.25, 0.3) is 10.9 Å². The molecule has 27 heavy (non-hydrogen) atoms. The second-order valence-electron chi connectivity index (χ2n) is 7.16. The number of hydrogen-bond acceptors (Lipinski definition) is 3. The van der Waals surface area contributed by atoms with Crippen LogP contribution in [0.5, 0.6) is 0 Å². The number of rotatable bonds is 3. The lowest BCUT2D eigenvalue weighted by atomic mass is 10.1. The topological polar surface area (TPSA) is 67.2 Å². The minimum atomic E-state index is -1.07. The van der Waals surface area contributed by atoms with Crippen molar-refractivity contribution in [3.63, 3.8) is 0 Å². The molecule has 5 heteroatoms. The van der Waals surface area contributed by atoms with Crippen molar-refractivity contribution in [2.45, 2.75) is 32.9 Å². The Morgan fingerprint density at radius 2 is 2.04 bits per heavy atom. The van der Waals surface area contributed by atoms with Crippen LogP contribution in [-0.2, 0) is 13.6 Å². The first-order valence-electron chi connectivity index (χ1n) is 8.79. The fourth-order valence-corrected chi connectivity index (χ4v) is 2.81. The number of aliphatic hydroxyl groups is 1. The molecule has 1 heterocycles. The van der Waals surface area contributed by atoms with Crippen LogP contribution in [0.3, 0.4) is 0 Å². The number of aryl methyl sites for hydroxylation is 2. The molecule has 0 aliphatic carbocycles. The number of amides is 1. The van der Waals surface area contributed by atoms with E-state index in [1.54, 1.807) is 32.0 Å². The van der Waals surface area contributed by atoms with Gasteiger partial charge in [0, 0.05) is 23.6 Å². The highest BCUT2D eigenvalue weighted by Crippen LogP contribution is 2.19. The summed E-state index contributed by atoms with van der Waals surface area (Å²) in [5, 5.41) is 18.2. The first-order valence-corrected chi connectivity index (χ1v) is 8.79. The van der Waals surface area contributed by atoms with Gasteiger partial charge in [0.2, 0.25) is 0 Å². The van der Waals surface area contributed by atoms with Crippen molar-refractivity contribution in [1.29, 1.82) is 0 Å². The maximum atomic E-state index is 12.5. The summed E-state index contributed by atoms with van der Waals surface area (Å²) in [6.45, 7) is 5.62. The SMILES string of the molecule is Cc1ccc2c(c1)c(CNC(=O)c1cccc(C#CC(C)(C)O)c1)nn2C. The molecule has 0 unspecified atom stereocenters. The molecule has 0 bridgehead atoms. The predicted molar refractivity (Wildman–Crippen MR) is 106 cm³/mol. The Morgan fingerprint density at radius 3 is 2.78 bits per heavy atom.